The molecule has 2 aromatic rings. The Kier molecular flexibility index (Phi) is 6.47. The van der Waals surface area contributed by atoms with E-state index in [0.717, 1.165) is 25.9 Å². The maximum Gasteiger partial charge on any atom is 0.318 e. The van der Waals surface area contributed by atoms with Crippen LogP contribution in [-0.4, -0.2) is 41.4 Å². The van der Waals surface area contributed by atoms with E-state index < -0.39 is 0 Å². The molecule has 25 heavy (non-hydrogen) atoms. The largest absolute Gasteiger partial charge is 0.343 e. The molecule has 0 aliphatic carbocycles. The lowest BCUT2D eigenvalue weighted by Gasteiger charge is -2.22. The van der Waals surface area contributed by atoms with E-state index >= 15 is 0 Å². The minimum Gasteiger partial charge on any atom is -0.343 e. The van der Waals surface area contributed by atoms with Crippen molar-refractivity contribution in [3.63, 3.8) is 0 Å². The summed E-state index contributed by atoms with van der Waals surface area (Å²) < 4.78 is 0. The summed E-state index contributed by atoms with van der Waals surface area (Å²) in [7, 11) is 0. The SMILES string of the molecule is O=C1CCCN1CCCNC(=O)N(Cc1cccs1)Cc1cccs1. The Balaban J connectivity index is 1.48. The number of nitrogens with one attached hydrogen (secondary N) is 1. The van der Waals surface area contributed by atoms with Crippen LogP contribution in [0.1, 0.15) is 29.0 Å². The van der Waals surface area contributed by atoms with Crippen LogP contribution in [0.25, 0.3) is 0 Å². The summed E-state index contributed by atoms with van der Waals surface area (Å²) in [5, 5.41) is 7.07. The van der Waals surface area contributed by atoms with Gasteiger partial charge >= 0.3 is 6.03 Å². The fraction of sp³-hybridized carbons (Fsp3) is 0.444. The van der Waals surface area contributed by atoms with Gasteiger partial charge in [-0.3, -0.25) is 4.79 Å². The number of hydrogen-bond acceptors (Lipinski definition) is 4. The molecule has 0 spiro atoms. The van der Waals surface area contributed by atoms with Crippen molar-refractivity contribution >= 4 is 34.6 Å². The van der Waals surface area contributed by atoms with E-state index in [2.05, 4.69) is 17.4 Å². The fourth-order valence-corrected chi connectivity index (χ4v) is 4.34. The molecule has 0 atom stereocenters. The molecule has 1 saturated heterocycles. The minimum atomic E-state index is -0.0467. The topological polar surface area (TPSA) is 52.7 Å². The number of carbonyl (C=O) groups excluding carboxylic acids is 2. The van der Waals surface area contributed by atoms with E-state index in [0.29, 0.717) is 26.1 Å². The summed E-state index contributed by atoms with van der Waals surface area (Å²) in [5.74, 6) is 0.239. The monoisotopic (exact) mass is 377 g/mol. The number of thiophene rings is 2. The molecule has 1 aliphatic heterocycles. The van der Waals surface area contributed by atoms with Crippen LogP contribution in [0.2, 0.25) is 0 Å². The zero-order valence-electron chi connectivity index (χ0n) is 14.1. The molecule has 0 unspecified atom stereocenters. The van der Waals surface area contributed by atoms with Gasteiger partial charge in [-0.15, -0.1) is 22.7 Å². The number of rotatable bonds is 8. The first-order valence-corrected chi connectivity index (χ1v) is 10.3. The number of carbonyl (C=O) groups is 2. The molecule has 3 amide bonds. The van der Waals surface area contributed by atoms with Crippen molar-refractivity contribution in [2.45, 2.75) is 32.4 Å². The summed E-state index contributed by atoms with van der Waals surface area (Å²) in [6.45, 7) is 3.41. The van der Waals surface area contributed by atoms with Gasteiger partial charge in [-0.25, -0.2) is 4.79 Å². The van der Waals surface area contributed by atoms with Crippen LogP contribution in [0, 0.1) is 0 Å². The van der Waals surface area contributed by atoms with E-state index in [1.165, 1.54) is 9.75 Å². The van der Waals surface area contributed by atoms with Crippen LogP contribution in [0.3, 0.4) is 0 Å². The maximum absolute atomic E-state index is 12.6. The van der Waals surface area contributed by atoms with E-state index in [1.54, 1.807) is 22.7 Å². The first-order chi connectivity index (χ1) is 12.2. The van der Waals surface area contributed by atoms with Crippen LogP contribution in [0.4, 0.5) is 4.79 Å². The van der Waals surface area contributed by atoms with Crippen LogP contribution in [0.15, 0.2) is 35.0 Å². The zero-order valence-corrected chi connectivity index (χ0v) is 15.8. The third-order valence-corrected chi connectivity index (χ3v) is 5.92. The highest BCUT2D eigenvalue weighted by Crippen LogP contribution is 2.17. The summed E-state index contributed by atoms with van der Waals surface area (Å²) in [5.41, 5.74) is 0. The van der Waals surface area contributed by atoms with Crippen LogP contribution in [-0.2, 0) is 17.9 Å². The minimum absolute atomic E-state index is 0.0467. The van der Waals surface area contributed by atoms with Gasteiger partial charge in [-0.1, -0.05) is 12.1 Å². The number of likely N-dealkylation sites (tertiary alicyclic amines) is 1. The maximum atomic E-state index is 12.6. The van der Waals surface area contributed by atoms with E-state index in [9.17, 15) is 9.59 Å². The smallest absolute Gasteiger partial charge is 0.318 e. The zero-order chi connectivity index (χ0) is 17.5. The molecule has 2 aromatic heterocycles. The summed E-state index contributed by atoms with van der Waals surface area (Å²) in [6, 6.07) is 8.08. The molecule has 7 heteroatoms. The highest BCUT2D eigenvalue weighted by molar-refractivity contribution is 7.10. The Morgan fingerprint density at radius 2 is 1.84 bits per heavy atom. The molecule has 0 saturated carbocycles. The molecule has 3 rings (SSSR count). The third kappa shape index (κ3) is 5.31. The number of hydrogen-bond donors (Lipinski definition) is 1. The molecular weight excluding hydrogens is 354 g/mol. The second-order valence-corrected chi connectivity index (χ2v) is 8.15. The Morgan fingerprint density at radius 1 is 1.16 bits per heavy atom. The van der Waals surface area contributed by atoms with Crippen molar-refractivity contribution in [2.75, 3.05) is 19.6 Å². The van der Waals surface area contributed by atoms with Gasteiger partial charge in [0.15, 0.2) is 0 Å². The van der Waals surface area contributed by atoms with Crippen molar-refractivity contribution in [3.8, 4) is 0 Å². The van der Waals surface area contributed by atoms with E-state index in [1.807, 2.05) is 32.7 Å². The molecule has 3 heterocycles. The molecule has 0 radical (unpaired) electrons. The molecule has 0 bridgehead atoms. The van der Waals surface area contributed by atoms with Crippen molar-refractivity contribution in [1.29, 1.82) is 0 Å². The normalized spacial score (nSPS) is 14.1. The van der Waals surface area contributed by atoms with Gasteiger partial charge in [0.25, 0.3) is 0 Å². The fourth-order valence-electron chi connectivity index (χ4n) is 2.90. The van der Waals surface area contributed by atoms with Gasteiger partial charge in [0.1, 0.15) is 0 Å². The summed E-state index contributed by atoms with van der Waals surface area (Å²) in [4.78, 5) is 30.3. The average molecular weight is 378 g/mol. The highest BCUT2D eigenvalue weighted by atomic mass is 32.1. The number of nitrogens with zero attached hydrogens (tertiary/aromatic N) is 2. The second-order valence-electron chi connectivity index (χ2n) is 6.08. The highest BCUT2D eigenvalue weighted by Gasteiger charge is 2.19. The Morgan fingerprint density at radius 3 is 2.36 bits per heavy atom. The number of amides is 3. The van der Waals surface area contributed by atoms with Gasteiger partial charge < -0.3 is 15.1 Å². The van der Waals surface area contributed by atoms with Gasteiger partial charge in [-0.2, -0.15) is 0 Å². The van der Waals surface area contributed by atoms with Gasteiger partial charge in [-0.05, 0) is 35.7 Å². The van der Waals surface area contributed by atoms with Crippen molar-refractivity contribution in [3.05, 3.63) is 44.8 Å². The van der Waals surface area contributed by atoms with Crippen LogP contribution in [0.5, 0.6) is 0 Å². The first kappa shape index (κ1) is 17.9. The lowest BCUT2D eigenvalue weighted by atomic mass is 10.3. The van der Waals surface area contributed by atoms with Crippen molar-refractivity contribution in [1.82, 2.24) is 15.1 Å². The molecular formula is C18H23N3O2S2. The van der Waals surface area contributed by atoms with Gasteiger partial charge in [0.05, 0.1) is 13.1 Å². The molecule has 1 N–H and O–H groups in total. The Labute approximate surface area is 156 Å². The Hall–Kier alpha value is -1.86. The average Bonchev–Trinajstić information content (AvgIpc) is 3.35. The molecule has 1 aliphatic rings. The van der Waals surface area contributed by atoms with Crippen LogP contribution >= 0.6 is 22.7 Å². The molecule has 134 valence electrons. The molecule has 5 nitrogen and oxygen atoms in total. The lowest BCUT2D eigenvalue weighted by Crippen LogP contribution is -2.40. The summed E-state index contributed by atoms with van der Waals surface area (Å²) in [6.07, 6.45) is 2.42. The van der Waals surface area contributed by atoms with Crippen molar-refractivity contribution in [2.24, 2.45) is 0 Å². The number of urea groups is 1. The van der Waals surface area contributed by atoms with Crippen LogP contribution < -0.4 is 5.32 Å². The Bertz CT molecular complexity index is 634. The quantitative estimate of drug-likeness (QED) is 0.716. The lowest BCUT2D eigenvalue weighted by molar-refractivity contribution is -0.127. The van der Waals surface area contributed by atoms with E-state index in [-0.39, 0.29) is 11.9 Å². The second kappa shape index (κ2) is 9.01. The molecule has 1 fully saturated rings. The van der Waals surface area contributed by atoms with Gasteiger partial charge in [0, 0.05) is 35.8 Å². The van der Waals surface area contributed by atoms with Crippen molar-refractivity contribution < 1.29 is 9.59 Å². The first-order valence-electron chi connectivity index (χ1n) is 8.57. The standard InChI is InChI=1S/C18H23N3O2S2/c22-17-7-1-9-20(17)10-4-8-19-18(23)21(13-15-5-2-11-24-15)14-16-6-3-12-25-16/h2-3,5-6,11-12H,1,4,7-10,13-14H2,(H,19,23). The third-order valence-electron chi connectivity index (χ3n) is 4.19. The predicted molar refractivity (Wildman–Crippen MR) is 102 cm³/mol. The summed E-state index contributed by atoms with van der Waals surface area (Å²) >= 11 is 3.33. The van der Waals surface area contributed by atoms with E-state index in [4.69, 9.17) is 0 Å². The van der Waals surface area contributed by atoms with Gasteiger partial charge in [0.2, 0.25) is 5.91 Å². The predicted octanol–water partition coefficient (Wildman–Crippen LogP) is 3.53. The molecule has 0 aromatic carbocycles.